The molecule has 0 aliphatic heterocycles. The second-order valence-corrected chi connectivity index (χ2v) is 5.24. The molecule has 2 aromatic rings. The summed E-state index contributed by atoms with van der Waals surface area (Å²) in [5, 5.41) is 4.37. The zero-order valence-electron chi connectivity index (χ0n) is 13.3. The number of nitrogens with zero attached hydrogens (tertiary/aromatic N) is 2. The van der Waals surface area contributed by atoms with Crippen molar-refractivity contribution in [3.63, 3.8) is 0 Å². The van der Waals surface area contributed by atoms with Gasteiger partial charge in [-0.05, 0) is 25.8 Å². The quantitative estimate of drug-likeness (QED) is 0.738. The van der Waals surface area contributed by atoms with Crippen LogP contribution in [-0.2, 0) is 16.1 Å². The highest BCUT2D eigenvalue weighted by Gasteiger charge is 2.36. The number of hydrogen-bond donors (Lipinski definition) is 0. The summed E-state index contributed by atoms with van der Waals surface area (Å²) < 4.78 is 12.6. The number of carbonyl (C=O) groups excluding carboxylic acids is 1. The van der Waals surface area contributed by atoms with E-state index in [4.69, 9.17) is 9.47 Å². The largest absolute Gasteiger partial charge is 0.463 e. The first-order chi connectivity index (χ1) is 10.6. The van der Waals surface area contributed by atoms with Gasteiger partial charge in [0.05, 0.1) is 13.2 Å². The van der Waals surface area contributed by atoms with E-state index < -0.39 is 5.60 Å². The molecule has 0 N–H and O–H groups in total. The Bertz CT molecular complexity index is 609. The summed E-state index contributed by atoms with van der Waals surface area (Å²) in [7, 11) is 0. The van der Waals surface area contributed by atoms with E-state index in [-0.39, 0.29) is 5.97 Å². The first kappa shape index (κ1) is 16.1. The second kappa shape index (κ2) is 7.11. The summed E-state index contributed by atoms with van der Waals surface area (Å²) >= 11 is 0. The number of aromatic nitrogens is 2. The molecule has 0 saturated carbocycles. The second-order valence-electron chi connectivity index (χ2n) is 5.24. The van der Waals surface area contributed by atoms with Gasteiger partial charge in [-0.2, -0.15) is 0 Å². The van der Waals surface area contributed by atoms with E-state index in [9.17, 15) is 4.79 Å². The third-order valence-electron chi connectivity index (χ3n) is 3.52. The van der Waals surface area contributed by atoms with E-state index in [1.807, 2.05) is 43.5 Å². The average molecular weight is 302 g/mol. The maximum Gasteiger partial charge on any atom is 0.350 e. The number of carbonyl (C=O) groups is 1. The highest BCUT2D eigenvalue weighted by atomic mass is 16.6. The smallest absolute Gasteiger partial charge is 0.350 e. The summed E-state index contributed by atoms with van der Waals surface area (Å²) in [4.78, 5) is 12.0. The molecule has 1 aromatic carbocycles. The molecular formula is C17H22N2O3. The van der Waals surface area contributed by atoms with Crippen molar-refractivity contribution in [1.82, 2.24) is 9.78 Å². The first-order valence-electron chi connectivity index (χ1n) is 7.51. The van der Waals surface area contributed by atoms with E-state index >= 15 is 0 Å². The average Bonchev–Trinajstić information content (AvgIpc) is 2.95. The summed E-state index contributed by atoms with van der Waals surface area (Å²) in [5.74, 6) is 0.0587. The number of benzene rings is 1. The summed E-state index contributed by atoms with van der Waals surface area (Å²) in [6, 6.07) is 11.8. The van der Waals surface area contributed by atoms with Crippen LogP contribution in [0.15, 0.2) is 42.6 Å². The van der Waals surface area contributed by atoms with E-state index in [0.717, 1.165) is 5.56 Å². The fourth-order valence-corrected chi connectivity index (χ4v) is 2.03. The van der Waals surface area contributed by atoms with Crippen LogP contribution < -0.4 is 4.74 Å². The van der Waals surface area contributed by atoms with Crippen molar-refractivity contribution in [2.24, 2.45) is 0 Å². The predicted octanol–water partition coefficient (Wildman–Crippen LogP) is 3.04. The van der Waals surface area contributed by atoms with E-state index in [1.165, 1.54) is 0 Å². The molecule has 2 rings (SSSR count). The molecule has 0 amide bonds. The lowest BCUT2D eigenvalue weighted by atomic mass is 10.0. The lowest BCUT2D eigenvalue weighted by molar-refractivity contribution is -0.160. The lowest BCUT2D eigenvalue weighted by Crippen LogP contribution is -2.42. The molecule has 0 aliphatic rings. The molecule has 0 spiro atoms. The molecule has 5 heteroatoms. The molecule has 1 aromatic heterocycles. The third-order valence-corrected chi connectivity index (χ3v) is 3.52. The van der Waals surface area contributed by atoms with E-state index in [1.54, 1.807) is 24.6 Å². The third kappa shape index (κ3) is 3.87. The molecule has 0 radical (unpaired) electrons. The van der Waals surface area contributed by atoms with Crippen molar-refractivity contribution in [3.05, 3.63) is 48.2 Å². The molecule has 0 saturated heterocycles. The Morgan fingerprint density at radius 3 is 2.59 bits per heavy atom. The van der Waals surface area contributed by atoms with Crippen molar-refractivity contribution in [2.45, 2.75) is 39.3 Å². The van der Waals surface area contributed by atoms with Gasteiger partial charge in [-0.1, -0.05) is 37.3 Å². The van der Waals surface area contributed by atoms with Crippen LogP contribution >= 0.6 is 0 Å². The highest BCUT2D eigenvalue weighted by Crippen LogP contribution is 2.21. The number of rotatable bonds is 7. The van der Waals surface area contributed by atoms with Crippen molar-refractivity contribution in [1.29, 1.82) is 0 Å². The molecule has 0 bridgehead atoms. The minimum absolute atomic E-state index is 0.334. The Kier molecular flexibility index (Phi) is 5.20. The molecule has 0 aliphatic carbocycles. The minimum Gasteiger partial charge on any atom is -0.463 e. The van der Waals surface area contributed by atoms with Crippen LogP contribution in [0.1, 0.15) is 32.8 Å². The molecule has 0 fully saturated rings. The van der Waals surface area contributed by atoms with Gasteiger partial charge in [0.1, 0.15) is 0 Å². The van der Waals surface area contributed by atoms with Crippen LogP contribution in [0.3, 0.4) is 0 Å². The van der Waals surface area contributed by atoms with E-state index in [2.05, 4.69) is 5.10 Å². The van der Waals surface area contributed by atoms with Gasteiger partial charge in [0, 0.05) is 12.3 Å². The standard InChI is InChI=1S/C17H22N2O3/c1-4-17(3,16(20)21-5-2)22-15-11-12-19(18-15)13-14-9-7-6-8-10-14/h6-12H,4-5,13H2,1-3H3. The Morgan fingerprint density at radius 2 is 1.95 bits per heavy atom. The lowest BCUT2D eigenvalue weighted by Gasteiger charge is -2.25. The Morgan fingerprint density at radius 1 is 1.23 bits per heavy atom. The van der Waals surface area contributed by atoms with Gasteiger partial charge in [-0.15, -0.1) is 5.10 Å². The van der Waals surface area contributed by atoms with Gasteiger partial charge < -0.3 is 9.47 Å². The maximum absolute atomic E-state index is 12.0. The topological polar surface area (TPSA) is 53.4 Å². The Labute approximate surface area is 130 Å². The Balaban J connectivity index is 2.06. The van der Waals surface area contributed by atoms with Crippen molar-refractivity contribution < 1.29 is 14.3 Å². The molecule has 1 heterocycles. The zero-order chi connectivity index (χ0) is 16.0. The van der Waals surface area contributed by atoms with Gasteiger partial charge >= 0.3 is 5.97 Å². The van der Waals surface area contributed by atoms with Crippen LogP contribution in [0, 0.1) is 0 Å². The summed E-state index contributed by atoms with van der Waals surface area (Å²) in [6.45, 7) is 6.38. The van der Waals surface area contributed by atoms with Crippen LogP contribution in [0.25, 0.3) is 0 Å². The van der Waals surface area contributed by atoms with Gasteiger partial charge in [-0.25, -0.2) is 4.79 Å². The molecule has 118 valence electrons. The van der Waals surface area contributed by atoms with Crippen molar-refractivity contribution in [2.75, 3.05) is 6.61 Å². The van der Waals surface area contributed by atoms with Gasteiger partial charge in [0.2, 0.25) is 11.5 Å². The normalized spacial score (nSPS) is 13.4. The fraction of sp³-hybridized carbons (Fsp3) is 0.412. The molecule has 22 heavy (non-hydrogen) atoms. The molecule has 5 nitrogen and oxygen atoms in total. The minimum atomic E-state index is -1.01. The van der Waals surface area contributed by atoms with Crippen LogP contribution in [0.2, 0.25) is 0 Å². The van der Waals surface area contributed by atoms with Gasteiger partial charge in [0.25, 0.3) is 0 Å². The number of hydrogen-bond acceptors (Lipinski definition) is 4. The fourth-order valence-electron chi connectivity index (χ4n) is 2.03. The number of ether oxygens (including phenoxy) is 2. The van der Waals surface area contributed by atoms with E-state index in [0.29, 0.717) is 25.5 Å². The molecular weight excluding hydrogens is 280 g/mol. The molecule has 1 unspecified atom stereocenters. The molecule has 1 atom stereocenters. The van der Waals surface area contributed by atoms with Gasteiger partial charge in [-0.3, -0.25) is 4.68 Å². The predicted molar refractivity (Wildman–Crippen MR) is 83.7 cm³/mol. The number of esters is 1. The summed E-state index contributed by atoms with van der Waals surface area (Å²) in [5.41, 5.74) is 0.142. The van der Waals surface area contributed by atoms with Gasteiger partial charge in [0.15, 0.2) is 0 Å². The highest BCUT2D eigenvalue weighted by molar-refractivity contribution is 5.79. The SMILES string of the molecule is CCOC(=O)C(C)(CC)Oc1ccn(Cc2ccccc2)n1. The Hall–Kier alpha value is -2.30. The van der Waals surface area contributed by atoms with Crippen molar-refractivity contribution in [3.8, 4) is 5.88 Å². The zero-order valence-corrected chi connectivity index (χ0v) is 13.3. The van der Waals surface area contributed by atoms with Crippen LogP contribution in [-0.4, -0.2) is 28.0 Å². The first-order valence-corrected chi connectivity index (χ1v) is 7.51. The van der Waals surface area contributed by atoms with Crippen LogP contribution in [0.4, 0.5) is 0 Å². The van der Waals surface area contributed by atoms with Crippen LogP contribution in [0.5, 0.6) is 5.88 Å². The van der Waals surface area contributed by atoms with Crippen molar-refractivity contribution >= 4 is 5.97 Å². The maximum atomic E-state index is 12.0. The monoisotopic (exact) mass is 302 g/mol. The summed E-state index contributed by atoms with van der Waals surface area (Å²) in [6.07, 6.45) is 2.35.